The van der Waals surface area contributed by atoms with Gasteiger partial charge in [-0.05, 0) is 52.9 Å². The molecule has 0 fully saturated rings. The fourth-order valence-electron chi connectivity index (χ4n) is 2.16. The number of esters is 2. The van der Waals surface area contributed by atoms with Gasteiger partial charge in [-0.2, -0.15) is 5.26 Å². The Hall–Kier alpha value is -2.60. The molecule has 0 bridgehead atoms. The largest absolute Gasteiger partial charge is 0.465 e. The molecule has 0 spiro atoms. The maximum atomic E-state index is 12.3. The second kappa shape index (κ2) is 7.79. The van der Waals surface area contributed by atoms with Crippen molar-refractivity contribution in [1.82, 2.24) is 0 Å². The molecule has 2 rings (SSSR count). The monoisotopic (exact) mass is 436 g/mol. The van der Waals surface area contributed by atoms with Gasteiger partial charge in [-0.1, -0.05) is 6.08 Å². The van der Waals surface area contributed by atoms with E-state index >= 15 is 0 Å². The molecule has 1 heterocycles. The Labute approximate surface area is 152 Å². The zero-order valence-corrected chi connectivity index (χ0v) is 15.1. The van der Waals surface area contributed by atoms with E-state index in [1.807, 2.05) is 0 Å². The third-order valence-electron chi connectivity index (χ3n) is 3.23. The Morgan fingerprint density at radius 1 is 1.17 bits per heavy atom. The first-order valence-corrected chi connectivity index (χ1v) is 7.86. The van der Waals surface area contributed by atoms with Crippen molar-refractivity contribution in [2.24, 2.45) is 0 Å². The van der Waals surface area contributed by atoms with E-state index < -0.39 is 11.9 Å². The normalized spacial score (nSPS) is 13.3. The SMILES string of the molecule is COC(=O)C1=C(C(=O)OC)N(c2ccc(I)cc2C#N)C=CC=C1. The van der Waals surface area contributed by atoms with Crippen LogP contribution < -0.4 is 4.90 Å². The van der Waals surface area contributed by atoms with Crippen LogP contribution in [0.2, 0.25) is 0 Å². The van der Waals surface area contributed by atoms with Crippen molar-refractivity contribution < 1.29 is 19.1 Å². The molecule has 0 amide bonds. The number of allylic oxidation sites excluding steroid dienone is 2. The molecule has 7 heteroatoms. The molecule has 0 N–H and O–H groups in total. The van der Waals surface area contributed by atoms with Gasteiger partial charge in [0.25, 0.3) is 0 Å². The van der Waals surface area contributed by atoms with Crippen LogP contribution in [-0.4, -0.2) is 26.2 Å². The Bertz CT molecular complexity index is 818. The zero-order valence-electron chi connectivity index (χ0n) is 12.9. The summed E-state index contributed by atoms with van der Waals surface area (Å²) in [5.74, 6) is -1.39. The molecule has 1 aliphatic heterocycles. The van der Waals surface area contributed by atoms with Crippen molar-refractivity contribution in [3.63, 3.8) is 0 Å². The summed E-state index contributed by atoms with van der Waals surface area (Å²) in [7, 11) is 2.45. The van der Waals surface area contributed by atoms with Crippen LogP contribution in [0.5, 0.6) is 0 Å². The summed E-state index contributed by atoms with van der Waals surface area (Å²) in [6.07, 6.45) is 6.31. The number of carbonyl (C=O) groups is 2. The first kappa shape index (κ1) is 17.7. The van der Waals surface area contributed by atoms with Crippen LogP contribution in [0.1, 0.15) is 5.56 Å². The van der Waals surface area contributed by atoms with Gasteiger partial charge in [-0.25, -0.2) is 9.59 Å². The van der Waals surface area contributed by atoms with E-state index in [4.69, 9.17) is 9.47 Å². The number of hydrogen-bond donors (Lipinski definition) is 0. The van der Waals surface area contributed by atoms with Crippen LogP contribution in [0, 0.1) is 14.9 Å². The fraction of sp³-hybridized carbons (Fsp3) is 0.118. The average Bonchev–Trinajstić information content (AvgIpc) is 2.82. The first-order chi connectivity index (χ1) is 11.5. The predicted octanol–water partition coefficient (Wildman–Crippen LogP) is 2.65. The van der Waals surface area contributed by atoms with Crippen LogP contribution in [0.15, 0.2) is 53.9 Å². The summed E-state index contributed by atoms with van der Waals surface area (Å²) in [5, 5.41) is 9.40. The van der Waals surface area contributed by atoms with Crippen LogP contribution in [0.4, 0.5) is 5.69 Å². The van der Waals surface area contributed by atoms with Crippen molar-refractivity contribution in [3.8, 4) is 6.07 Å². The smallest absolute Gasteiger partial charge is 0.355 e. The van der Waals surface area contributed by atoms with Gasteiger partial charge in [-0.15, -0.1) is 0 Å². The molecule has 1 aromatic rings. The third kappa shape index (κ3) is 3.49. The van der Waals surface area contributed by atoms with Gasteiger partial charge in [0.05, 0.1) is 31.0 Å². The molecule has 0 unspecified atom stereocenters. The van der Waals surface area contributed by atoms with Gasteiger partial charge in [-0.3, -0.25) is 0 Å². The molecule has 0 saturated heterocycles. The Morgan fingerprint density at radius 2 is 1.88 bits per heavy atom. The molecule has 24 heavy (non-hydrogen) atoms. The number of halogens is 1. The van der Waals surface area contributed by atoms with E-state index in [1.165, 1.54) is 25.2 Å². The summed E-state index contributed by atoms with van der Waals surface area (Å²) in [4.78, 5) is 25.8. The van der Waals surface area contributed by atoms with E-state index in [0.717, 1.165) is 3.57 Å². The van der Waals surface area contributed by atoms with Crippen LogP contribution >= 0.6 is 22.6 Å². The Balaban J connectivity index is 2.73. The summed E-state index contributed by atoms with van der Waals surface area (Å²) in [6.45, 7) is 0. The van der Waals surface area contributed by atoms with Crippen LogP contribution in [0.3, 0.4) is 0 Å². The lowest BCUT2D eigenvalue weighted by Gasteiger charge is -2.24. The van der Waals surface area contributed by atoms with E-state index in [-0.39, 0.29) is 11.3 Å². The number of hydrogen-bond acceptors (Lipinski definition) is 6. The van der Waals surface area contributed by atoms with Crippen molar-refractivity contribution in [2.75, 3.05) is 19.1 Å². The second-order valence-electron chi connectivity index (χ2n) is 4.59. The number of nitriles is 1. The minimum Gasteiger partial charge on any atom is -0.465 e. The third-order valence-corrected chi connectivity index (χ3v) is 3.90. The van der Waals surface area contributed by atoms with Gasteiger partial charge in [0, 0.05) is 9.77 Å². The maximum Gasteiger partial charge on any atom is 0.355 e. The minimum atomic E-state index is -0.714. The van der Waals surface area contributed by atoms with Crippen molar-refractivity contribution >= 4 is 40.2 Å². The molecule has 122 valence electrons. The topological polar surface area (TPSA) is 79.6 Å². The highest BCUT2D eigenvalue weighted by atomic mass is 127. The lowest BCUT2D eigenvalue weighted by atomic mass is 10.1. The van der Waals surface area contributed by atoms with Gasteiger partial charge in [0.1, 0.15) is 11.8 Å². The molecule has 1 aromatic carbocycles. The number of methoxy groups -OCH3 is 2. The van der Waals surface area contributed by atoms with Crippen LogP contribution in [-0.2, 0) is 19.1 Å². The number of ether oxygens (including phenoxy) is 2. The first-order valence-electron chi connectivity index (χ1n) is 6.78. The predicted molar refractivity (Wildman–Crippen MR) is 95.7 cm³/mol. The Morgan fingerprint density at radius 3 is 2.50 bits per heavy atom. The molecule has 6 nitrogen and oxygen atoms in total. The second-order valence-corrected chi connectivity index (χ2v) is 5.83. The number of carbonyl (C=O) groups excluding carboxylic acids is 2. The highest BCUT2D eigenvalue weighted by Gasteiger charge is 2.28. The van der Waals surface area contributed by atoms with E-state index in [2.05, 4.69) is 28.7 Å². The lowest BCUT2D eigenvalue weighted by Crippen LogP contribution is -2.27. The minimum absolute atomic E-state index is 0.0212. The van der Waals surface area contributed by atoms with Crippen molar-refractivity contribution in [1.29, 1.82) is 5.26 Å². The summed E-state index contributed by atoms with van der Waals surface area (Å²) < 4.78 is 10.5. The number of anilines is 1. The van der Waals surface area contributed by atoms with E-state index in [9.17, 15) is 14.9 Å². The molecule has 0 saturated carbocycles. The van der Waals surface area contributed by atoms with Gasteiger partial charge >= 0.3 is 11.9 Å². The molecular weight excluding hydrogens is 423 g/mol. The number of benzene rings is 1. The molecule has 1 aliphatic rings. The summed E-state index contributed by atoms with van der Waals surface area (Å²) in [6, 6.07) is 7.29. The molecule has 0 aliphatic carbocycles. The van der Waals surface area contributed by atoms with Crippen molar-refractivity contribution in [3.05, 3.63) is 63.0 Å². The van der Waals surface area contributed by atoms with E-state index in [1.54, 1.807) is 36.6 Å². The van der Waals surface area contributed by atoms with Gasteiger partial charge in [0.2, 0.25) is 0 Å². The molecule has 0 aromatic heterocycles. The number of nitrogens with zero attached hydrogens (tertiary/aromatic N) is 2. The molecule has 0 atom stereocenters. The van der Waals surface area contributed by atoms with Crippen molar-refractivity contribution in [2.45, 2.75) is 0 Å². The highest BCUT2D eigenvalue weighted by molar-refractivity contribution is 14.1. The zero-order chi connectivity index (χ0) is 17.7. The molecular formula is C17H13IN2O4. The Kier molecular flexibility index (Phi) is 5.76. The highest BCUT2D eigenvalue weighted by Crippen LogP contribution is 2.29. The summed E-state index contributed by atoms with van der Waals surface area (Å²) >= 11 is 2.09. The van der Waals surface area contributed by atoms with Crippen LogP contribution in [0.25, 0.3) is 0 Å². The standard InChI is InChI=1S/C17H13IN2O4/c1-23-16(21)13-5-3-4-8-20(15(13)17(22)24-2)14-7-6-12(18)9-11(14)10-19/h3-9H,1-2H3. The fourth-order valence-corrected chi connectivity index (χ4v) is 2.65. The van der Waals surface area contributed by atoms with Gasteiger partial charge < -0.3 is 14.4 Å². The van der Waals surface area contributed by atoms with E-state index in [0.29, 0.717) is 11.3 Å². The maximum absolute atomic E-state index is 12.3. The summed E-state index contributed by atoms with van der Waals surface area (Å²) in [5.41, 5.74) is 0.836. The number of rotatable bonds is 3. The quantitative estimate of drug-likeness (QED) is 0.536. The average molecular weight is 436 g/mol. The van der Waals surface area contributed by atoms with Gasteiger partial charge in [0.15, 0.2) is 0 Å². The lowest BCUT2D eigenvalue weighted by molar-refractivity contribution is -0.139. The molecule has 0 radical (unpaired) electrons.